The number of pyridine rings is 1. The lowest BCUT2D eigenvalue weighted by atomic mass is 10.1. The van der Waals surface area contributed by atoms with Crippen LogP contribution in [0.15, 0.2) is 47.8 Å². The van der Waals surface area contributed by atoms with Crippen molar-refractivity contribution in [2.24, 2.45) is 0 Å². The molecule has 0 spiro atoms. The Morgan fingerprint density at radius 2 is 1.87 bits per heavy atom. The van der Waals surface area contributed by atoms with E-state index in [1.807, 2.05) is 10.6 Å². The molecule has 5 heterocycles. The molecule has 0 aliphatic carbocycles. The molecule has 4 aromatic heterocycles. The lowest BCUT2D eigenvalue weighted by Crippen LogP contribution is -2.30. The molecule has 150 valence electrons. The zero-order valence-corrected chi connectivity index (χ0v) is 18.0. The van der Waals surface area contributed by atoms with Gasteiger partial charge in [0, 0.05) is 10.9 Å². The van der Waals surface area contributed by atoms with Crippen LogP contribution in [0.4, 0.5) is 0 Å². The van der Waals surface area contributed by atoms with Crippen molar-refractivity contribution in [2.75, 3.05) is 13.1 Å². The van der Waals surface area contributed by atoms with Crippen LogP contribution in [0, 0.1) is 0 Å². The third-order valence-electron chi connectivity index (χ3n) is 5.59. The van der Waals surface area contributed by atoms with E-state index in [1.165, 1.54) is 19.3 Å². The summed E-state index contributed by atoms with van der Waals surface area (Å²) >= 11 is 3.29. The minimum Gasteiger partial charge on any atom is -0.296 e. The summed E-state index contributed by atoms with van der Waals surface area (Å²) in [7, 11) is 0. The number of hydrogen-bond donors (Lipinski definition) is 0. The lowest BCUT2D eigenvalue weighted by molar-refractivity contribution is 0.214. The summed E-state index contributed by atoms with van der Waals surface area (Å²) in [5, 5.41) is 17.9. The highest BCUT2D eigenvalue weighted by molar-refractivity contribution is 7.20. The van der Waals surface area contributed by atoms with Gasteiger partial charge >= 0.3 is 0 Å². The van der Waals surface area contributed by atoms with Gasteiger partial charge in [-0.25, -0.2) is 4.98 Å². The minimum atomic E-state index is 0.807. The molecule has 1 aliphatic heterocycles. The molecule has 1 saturated heterocycles. The summed E-state index contributed by atoms with van der Waals surface area (Å²) in [5.41, 5.74) is 3.07. The average Bonchev–Trinajstić information content (AvgIpc) is 3.53. The number of thiophene rings is 1. The van der Waals surface area contributed by atoms with Gasteiger partial charge in [0.2, 0.25) is 4.96 Å². The second-order valence-electron chi connectivity index (χ2n) is 7.60. The second kappa shape index (κ2) is 7.54. The van der Waals surface area contributed by atoms with E-state index in [9.17, 15) is 0 Å². The first-order valence-electron chi connectivity index (χ1n) is 10.2. The molecule has 6 rings (SSSR count). The Hall–Kier alpha value is -2.68. The molecule has 0 radical (unpaired) electrons. The molecule has 1 fully saturated rings. The van der Waals surface area contributed by atoms with Crippen molar-refractivity contribution in [3.05, 3.63) is 53.7 Å². The molecule has 0 saturated carbocycles. The van der Waals surface area contributed by atoms with Crippen LogP contribution in [0.25, 0.3) is 37.0 Å². The van der Waals surface area contributed by atoms with E-state index >= 15 is 0 Å². The number of fused-ring (bicyclic) bond motifs is 2. The number of benzene rings is 1. The van der Waals surface area contributed by atoms with Crippen LogP contribution in [0.1, 0.15) is 25.1 Å². The highest BCUT2D eigenvalue weighted by atomic mass is 32.1. The first-order chi connectivity index (χ1) is 14.8. The van der Waals surface area contributed by atoms with Crippen LogP contribution < -0.4 is 0 Å². The fourth-order valence-electron chi connectivity index (χ4n) is 4.09. The van der Waals surface area contributed by atoms with E-state index in [-0.39, 0.29) is 0 Å². The van der Waals surface area contributed by atoms with Gasteiger partial charge in [-0.15, -0.1) is 21.5 Å². The lowest BCUT2D eigenvalue weighted by Gasteiger charge is -2.25. The third-order valence-corrected chi connectivity index (χ3v) is 7.41. The van der Waals surface area contributed by atoms with E-state index in [2.05, 4.69) is 56.9 Å². The molecule has 0 atom stereocenters. The first kappa shape index (κ1) is 18.1. The van der Waals surface area contributed by atoms with Crippen molar-refractivity contribution in [2.45, 2.75) is 25.8 Å². The molecule has 6 nitrogen and oxygen atoms in total. The van der Waals surface area contributed by atoms with Gasteiger partial charge in [0.1, 0.15) is 5.01 Å². The monoisotopic (exact) mass is 432 g/mol. The molecule has 0 amide bonds. The molecule has 0 bridgehead atoms. The van der Waals surface area contributed by atoms with Crippen LogP contribution in [0.2, 0.25) is 0 Å². The number of para-hydroxylation sites is 1. The molecule has 1 aliphatic rings. The Morgan fingerprint density at radius 3 is 2.73 bits per heavy atom. The molecular weight excluding hydrogens is 412 g/mol. The van der Waals surface area contributed by atoms with Crippen molar-refractivity contribution in [3.8, 4) is 21.1 Å². The van der Waals surface area contributed by atoms with E-state index in [4.69, 9.17) is 10.1 Å². The maximum Gasteiger partial charge on any atom is 0.235 e. The van der Waals surface area contributed by atoms with E-state index < -0.39 is 0 Å². The Balaban J connectivity index is 1.45. The van der Waals surface area contributed by atoms with Gasteiger partial charge in [-0.1, -0.05) is 42.0 Å². The van der Waals surface area contributed by atoms with E-state index in [1.54, 1.807) is 22.7 Å². The van der Waals surface area contributed by atoms with Gasteiger partial charge in [-0.05, 0) is 49.5 Å². The second-order valence-corrected chi connectivity index (χ2v) is 9.51. The maximum atomic E-state index is 4.94. The van der Waals surface area contributed by atoms with Crippen molar-refractivity contribution in [1.29, 1.82) is 0 Å². The molecule has 5 aromatic rings. The molecule has 0 N–H and O–H groups in total. The fraction of sp³-hybridized carbons (Fsp3) is 0.273. The summed E-state index contributed by atoms with van der Waals surface area (Å²) in [6, 6.07) is 14.6. The Bertz CT molecular complexity index is 1310. The zero-order valence-electron chi connectivity index (χ0n) is 16.4. The van der Waals surface area contributed by atoms with Gasteiger partial charge < -0.3 is 0 Å². The van der Waals surface area contributed by atoms with Crippen molar-refractivity contribution >= 4 is 38.5 Å². The summed E-state index contributed by atoms with van der Waals surface area (Å²) in [5.74, 6) is 0.922. The number of hydrogen-bond acceptors (Lipinski definition) is 7. The first-order valence-corrected chi connectivity index (χ1v) is 11.9. The van der Waals surface area contributed by atoms with Crippen molar-refractivity contribution in [3.63, 3.8) is 0 Å². The van der Waals surface area contributed by atoms with Gasteiger partial charge in [0.05, 0.1) is 22.6 Å². The van der Waals surface area contributed by atoms with Gasteiger partial charge in [0.25, 0.3) is 0 Å². The molecule has 30 heavy (non-hydrogen) atoms. The number of likely N-dealkylation sites (tertiary alicyclic amines) is 1. The summed E-state index contributed by atoms with van der Waals surface area (Å²) in [4.78, 5) is 9.35. The number of aromatic nitrogens is 5. The van der Waals surface area contributed by atoms with Crippen LogP contribution in [-0.2, 0) is 6.54 Å². The molecule has 8 heteroatoms. The average molecular weight is 433 g/mol. The molecular formula is C22H20N6S2. The van der Waals surface area contributed by atoms with Crippen LogP contribution in [0.3, 0.4) is 0 Å². The predicted octanol–water partition coefficient (Wildman–Crippen LogP) is 5.12. The topological polar surface area (TPSA) is 59.2 Å². The van der Waals surface area contributed by atoms with Gasteiger partial charge in [-0.3, -0.25) is 4.90 Å². The van der Waals surface area contributed by atoms with E-state index in [0.717, 1.165) is 62.5 Å². The Kier molecular flexibility index (Phi) is 4.55. The molecule has 1 aromatic carbocycles. The standard InChI is InChI=1S/C22H20N6S2/c1-4-10-27(11-5-1)14-20-24-25-22-28(20)26-21(30-22)16-13-18(19-9-6-12-29-19)23-17-8-3-2-7-15(16)17/h2-3,6-9,12-13H,1,4-5,10-11,14H2. The summed E-state index contributed by atoms with van der Waals surface area (Å²) < 4.78 is 1.93. The predicted molar refractivity (Wildman–Crippen MR) is 122 cm³/mol. The summed E-state index contributed by atoms with van der Waals surface area (Å²) in [6.45, 7) is 3.07. The van der Waals surface area contributed by atoms with Crippen LogP contribution in [-0.4, -0.2) is 42.8 Å². The van der Waals surface area contributed by atoms with Crippen LogP contribution in [0.5, 0.6) is 0 Å². The van der Waals surface area contributed by atoms with Crippen molar-refractivity contribution in [1.82, 2.24) is 29.7 Å². The van der Waals surface area contributed by atoms with Crippen molar-refractivity contribution < 1.29 is 0 Å². The maximum absolute atomic E-state index is 4.94. The van der Waals surface area contributed by atoms with Crippen LogP contribution >= 0.6 is 22.7 Å². The molecule has 0 unspecified atom stereocenters. The number of nitrogens with zero attached hydrogens (tertiary/aromatic N) is 6. The fourth-order valence-corrected chi connectivity index (χ4v) is 5.66. The number of piperidine rings is 1. The highest BCUT2D eigenvalue weighted by Gasteiger charge is 2.19. The smallest absolute Gasteiger partial charge is 0.235 e. The quantitative estimate of drug-likeness (QED) is 0.395. The van der Waals surface area contributed by atoms with Gasteiger partial charge in [0.15, 0.2) is 5.82 Å². The Morgan fingerprint density at radius 1 is 0.967 bits per heavy atom. The highest BCUT2D eigenvalue weighted by Crippen LogP contribution is 2.35. The summed E-state index contributed by atoms with van der Waals surface area (Å²) in [6.07, 6.45) is 3.85. The third kappa shape index (κ3) is 3.21. The van der Waals surface area contributed by atoms with Gasteiger partial charge in [-0.2, -0.15) is 9.61 Å². The number of rotatable bonds is 4. The largest absolute Gasteiger partial charge is 0.296 e. The SMILES string of the molecule is c1csc(-c2cc(-c3nn4c(CN5CCCCC5)nnc4s3)c3ccccc3n2)c1. The minimum absolute atomic E-state index is 0.807. The van der Waals surface area contributed by atoms with E-state index in [0.29, 0.717) is 0 Å². The Labute approximate surface area is 181 Å². The normalized spacial score (nSPS) is 15.3. The zero-order chi connectivity index (χ0) is 19.9.